The van der Waals surface area contributed by atoms with Crippen LogP contribution in [0, 0.1) is 5.82 Å². The summed E-state index contributed by atoms with van der Waals surface area (Å²) in [4.78, 5) is 12.3. The lowest BCUT2D eigenvalue weighted by molar-refractivity contribution is -0.137. The molecule has 0 heterocycles. The maximum atomic E-state index is 12.8. The van der Waals surface area contributed by atoms with E-state index < -0.39 is 5.97 Å². The lowest BCUT2D eigenvalue weighted by Gasteiger charge is -2.15. The average Bonchev–Trinajstić information content (AvgIpc) is 2.32. The van der Waals surface area contributed by atoms with E-state index in [0.29, 0.717) is 18.9 Å². The van der Waals surface area contributed by atoms with Crippen molar-refractivity contribution in [2.24, 2.45) is 0 Å². The summed E-state index contributed by atoms with van der Waals surface area (Å²) < 4.78 is 18.2. The second-order valence-corrected chi connectivity index (χ2v) is 4.11. The van der Waals surface area contributed by atoms with Crippen LogP contribution in [-0.2, 0) is 4.79 Å². The monoisotopic (exact) mass is 255 g/mol. The van der Waals surface area contributed by atoms with Gasteiger partial charge in [0.05, 0.1) is 13.0 Å². The number of ether oxygens (including phenoxy) is 1. The van der Waals surface area contributed by atoms with Gasteiger partial charge in [-0.25, -0.2) is 4.39 Å². The molecule has 0 amide bonds. The lowest BCUT2D eigenvalue weighted by atomic mass is 10.3. The van der Waals surface area contributed by atoms with Crippen LogP contribution in [0.3, 0.4) is 0 Å². The first-order valence-electron chi connectivity index (χ1n) is 5.86. The largest absolute Gasteiger partial charge is 0.493 e. The quantitative estimate of drug-likeness (QED) is 0.722. The molecule has 0 aliphatic rings. The minimum atomic E-state index is -0.794. The van der Waals surface area contributed by atoms with Crippen molar-refractivity contribution >= 4 is 5.97 Å². The SMILES string of the molecule is CN(CCCOc1cccc(F)c1)CCC(=O)O. The second-order valence-electron chi connectivity index (χ2n) is 4.11. The molecule has 1 rings (SSSR count). The highest BCUT2D eigenvalue weighted by Gasteiger charge is 2.02. The molecule has 0 radical (unpaired) electrons. The van der Waals surface area contributed by atoms with E-state index in [1.54, 1.807) is 12.1 Å². The Bertz CT molecular complexity index is 384. The molecular weight excluding hydrogens is 237 g/mol. The number of halogens is 1. The molecule has 0 saturated heterocycles. The molecule has 0 unspecified atom stereocenters. The predicted molar refractivity (Wildman–Crippen MR) is 66.3 cm³/mol. The van der Waals surface area contributed by atoms with Gasteiger partial charge in [-0.2, -0.15) is 0 Å². The fourth-order valence-corrected chi connectivity index (χ4v) is 1.48. The summed E-state index contributed by atoms with van der Waals surface area (Å²) in [6.45, 7) is 1.76. The molecule has 100 valence electrons. The summed E-state index contributed by atoms with van der Waals surface area (Å²) >= 11 is 0. The summed E-state index contributed by atoms with van der Waals surface area (Å²) in [6, 6.07) is 6.02. The Morgan fingerprint density at radius 2 is 2.22 bits per heavy atom. The average molecular weight is 255 g/mol. The molecule has 0 fully saturated rings. The molecule has 0 atom stereocenters. The minimum absolute atomic E-state index is 0.140. The molecule has 1 N–H and O–H groups in total. The molecule has 0 aromatic heterocycles. The van der Waals surface area contributed by atoms with E-state index in [1.807, 2.05) is 11.9 Å². The van der Waals surface area contributed by atoms with E-state index in [-0.39, 0.29) is 12.2 Å². The van der Waals surface area contributed by atoms with Crippen LogP contribution in [0.1, 0.15) is 12.8 Å². The Morgan fingerprint density at radius 1 is 1.44 bits per heavy atom. The third kappa shape index (κ3) is 6.20. The van der Waals surface area contributed by atoms with Gasteiger partial charge in [0.15, 0.2) is 0 Å². The second kappa shape index (κ2) is 7.66. The topological polar surface area (TPSA) is 49.8 Å². The van der Waals surface area contributed by atoms with Crippen molar-refractivity contribution in [3.63, 3.8) is 0 Å². The molecule has 5 heteroatoms. The Balaban J connectivity index is 2.13. The van der Waals surface area contributed by atoms with Gasteiger partial charge < -0.3 is 14.7 Å². The zero-order valence-electron chi connectivity index (χ0n) is 10.4. The molecule has 0 aliphatic carbocycles. The van der Waals surface area contributed by atoms with Crippen LogP contribution in [0.25, 0.3) is 0 Å². The Kier molecular flexibility index (Phi) is 6.14. The van der Waals surface area contributed by atoms with Crippen molar-refractivity contribution in [1.82, 2.24) is 4.90 Å². The summed E-state index contributed by atoms with van der Waals surface area (Å²) in [6.07, 6.45) is 0.911. The van der Waals surface area contributed by atoms with E-state index in [2.05, 4.69) is 0 Å². The molecular formula is C13H18FNO3. The highest BCUT2D eigenvalue weighted by Crippen LogP contribution is 2.11. The van der Waals surface area contributed by atoms with Crippen molar-refractivity contribution in [3.05, 3.63) is 30.1 Å². The van der Waals surface area contributed by atoms with E-state index >= 15 is 0 Å². The highest BCUT2D eigenvalue weighted by molar-refractivity contribution is 5.66. The number of hydrogen-bond acceptors (Lipinski definition) is 3. The van der Waals surface area contributed by atoms with E-state index in [9.17, 15) is 9.18 Å². The fourth-order valence-electron chi connectivity index (χ4n) is 1.48. The normalized spacial score (nSPS) is 10.6. The maximum Gasteiger partial charge on any atom is 0.304 e. The van der Waals surface area contributed by atoms with Crippen molar-refractivity contribution in [1.29, 1.82) is 0 Å². The number of hydrogen-bond donors (Lipinski definition) is 1. The first-order chi connectivity index (χ1) is 8.58. The number of rotatable bonds is 8. The first kappa shape index (κ1) is 14.4. The van der Waals surface area contributed by atoms with Gasteiger partial charge in [-0.1, -0.05) is 6.07 Å². The predicted octanol–water partition coefficient (Wildman–Crippen LogP) is 2.00. The molecule has 0 aliphatic heterocycles. The third-order valence-corrected chi connectivity index (χ3v) is 2.46. The first-order valence-corrected chi connectivity index (χ1v) is 5.86. The summed E-state index contributed by atoms with van der Waals surface area (Å²) in [5, 5.41) is 8.52. The zero-order valence-corrected chi connectivity index (χ0v) is 10.4. The van der Waals surface area contributed by atoms with Crippen molar-refractivity contribution in [3.8, 4) is 5.75 Å². The lowest BCUT2D eigenvalue weighted by Crippen LogP contribution is -2.24. The Hall–Kier alpha value is -1.62. The van der Waals surface area contributed by atoms with Crippen molar-refractivity contribution < 1.29 is 19.0 Å². The number of aliphatic carboxylic acids is 1. The number of nitrogens with zero attached hydrogens (tertiary/aromatic N) is 1. The van der Waals surface area contributed by atoms with Gasteiger partial charge >= 0.3 is 5.97 Å². The van der Waals surface area contributed by atoms with Crippen LogP contribution >= 0.6 is 0 Å². The summed E-state index contributed by atoms with van der Waals surface area (Å²) in [5.41, 5.74) is 0. The molecule has 18 heavy (non-hydrogen) atoms. The van der Waals surface area contributed by atoms with Crippen LogP contribution in [0.4, 0.5) is 4.39 Å². The van der Waals surface area contributed by atoms with Gasteiger partial charge in [-0.15, -0.1) is 0 Å². The third-order valence-electron chi connectivity index (χ3n) is 2.46. The fraction of sp³-hybridized carbons (Fsp3) is 0.462. The standard InChI is InChI=1S/C13H18FNO3/c1-15(8-6-13(16)17)7-3-9-18-12-5-2-4-11(14)10-12/h2,4-5,10H,3,6-9H2,1H3,(H,16,17). The Morgan fingerprint density at radius 3 is 2.89 bits per heavy atom. The zero-order chi connectivity index (χ0) is 13.4. The van der Waals surface area contributed by atoms with Gasteiger partial charge in [0.1, 0.15) is 11.6 Å². The molecule has 0 bridgehead atoms. The maximum absolute atomic E-state index is 12.8. The number of carboxylic acids is 1. The van der Waals surface area contributed by atoms with Gasteiger partial charge in [-0.05, 0) is 25.6 Å². The van der Waals surface area contributed by atoms with Crippen LogP contribution in [0.5, 0.6) is 5.75 Å². The molecule has 4 nitrogen and oxygen atoms in total. The van der Waals surface area contributed by atoms with Gasteiger partial charge in [0, 0.05) is 19.2 Å². The van der Waals surface area contributed by atoms with Crippen LogP contribution in [-0.4, -0.2) is 42.7 Å². The van der Waals surface area contributed by atoms with Crippen LogP contribution in [0.2, 0.25) is 0 Å². The van der Waals surface area contributed by atoms with E-state index in [0.717, 1.165) is 13.0 Å². The highest BCUT2D eigenvalue weighted by atomic mass is 19.1. The van der Waals surface area contributed by atoms with Crippen molar-refractivity contribution in [2.45, 2.75) is 12.8 Å². The van der Waals surface area contributed by atoms with Crippen molar-refractivity contribution in [2.75, 3.05) is 26.7 Å². The Labute approximate surface area is 106 Å². The molecule has 0 saturated carbocycles. The molecule has 1 aromatic carbocycles. The van der Waals surface area contributed by atoms with Crippen LogP contribution in [0.15, 0.2) is 24.3 Å². The minimum Gasteiger partial charge on any atom is -0.493 e. The summed E-state index contributed by atoms with van der Waals surface area (Å²) in [5.74, 6) is -0.591. The molecule has 0 spiro atoms. The number of benzene rings is 1. The smallest absolute Gasteiger partial charge is 0.304 e. The number of carboxylic acid groups (broad SMARTS) is 1. The number of carbonyl (C=O) groups is 1. The summed E-state index contributed by atoms with van der Waals surface area (Å²) in [7, 11) is 1.87. The molecule has 1 aromatic rings. The van der Waals surface area contributed by atoms with Gasteiger partial charge in [0.25, 0.3) is 0 Å². The van der Waals surface area contributed by atoms with Gasteiger partial charge in [-0.3, -0.25) is 4.79 Å². The van der Waals surface area contributed by atoms with E-state index in [4.69, 9.17) is 9.84 Å². The van der Waals surface area contributed by atoms with Crippen LogP contribution < -0.4 is 4.74 Å². The van der Waals surface area contributed by atoms with E-state index in [1.165, 1.54) is 12.1 Å². The van der Waals surface area contributed by atoms with Gasteiger partial charge in [0.2, 0.25) is 0 Å².